The molecule has 4 aromatic rings. The number of hydrogen-bond acceptors (Lipinski definition) is 8. The minimum absolute atomic E-state index is 0.185. The first-order chi connectivity index (χ1) is 15.7. The van der Waals surface area contributed by atoms with E-state index in [1.165, 1.54) is 0 Å². The van der Waals surface area contributed by atoms with E-state index in [-0.39, 0.29) is 23.7 Å². The Labute approximate surface area is 184 Å². The Bertz CT molecular complexity index is 1340. The predicted molar refractivity (Wildman–Crippen MR) is 114 cm³/mol. The Morgan fingerprint density at radius 2 is 1.70 bits per heavy atom. The van der Waals surface area contributed by atoms with Crippen molar-refractivity contribution in [1.82, 2.24) is 10.1 Å². The molecule has 11 heteroatoms. The molecule has 8 nitrogen and oxygen atoms in total. The summed E-state index contributed by atoms with van der Waals surface area (Å²) in [6.07, 6.45) is -4.72. The molecule has 0 fully saturated rings. The van der Waals surface area contributed by atoms with Gasteiger partial charge in [-0.3, -0.25) is 9.59 Å². The first-order valence-corrected chi connectivity index (χ1v) is 9.63. The minimum atomic E-state index is -4.72. The lowest BCUT2D eigenvalue weighted by molar-refractivity contribution is -0.159. The quantitative estimate of drug-likeness (QED) is 0.419. The largest absolute Gasteiger partial charge is 0.497 e. The third-order valence-electron chi connectivity index (χ3n) is 4.93. The smallest absolute Gasteiger partial charge is 0.471 e. The fraction of sp³-hybridized carbons (Fsp3) is 0.182. The third-order valence-corrected chi connectivity index (χ3v) is 4.93. The summed E-state index contributed by atoms with van der Waals surface area (Å²) in [6, 6.07) is 13.3. The van der Waals surface area contributed by atoms with E-state index in [0.29, 0.717) is 17.0 Å². The highest BCUT2D eigenvalue weighted by atomic mass is 19.4. The van der Waals surface area contributed by atoms with E-state index < -0.39 is 22.9 Å². The Morgan fingerprint density at radius 1 is 1.03 bits per heavy atom. The standard InChI is InChI=1S/C22H17F3N4O4/c1-29(17-16(18(30)19(17)31)26-14-7-9-15(32-2)10-8-14)11-12-3-5-13(6-4-12)20-27-21(33-28-20)22(23,24)25/h3-10,26H,11H2,1-2H3. The van der Waals surface area contributed by atoms with E-state index in [4.69, 9.17) is 4.74 Å². The molecular weight excluding hydrogens is 441 g/mol. The van der Waals surface area contributed by atoms with Crippen molar-refractivity contribution >= 4 is 17.1 Å². The van der Waals surface area contributed by atoms with Crippen LogP contribution in [0.25, 0.3) is 11.4 Å². The van der Waals surface area contributed by atoms with E-state index in [0.717, 1.165) is 5.56 Å². The van der Waals surface area contributed by atoms with Crippen LogP contribution in [0.4, 0.5) is 30.2 Å². The molecule has 1 heterocycles. The van der Waals surface area contributed by atoms with E-state index in [2.05, 4.69) is 20.0 Å². The maximum Gasteiger partial charge on any atom is 0.471 e. The van der Waals surface area contributed by atoms with Crippen LogP contribution in [0.2, 0.25) is 0 Å². The van der Waals surface area contributed by atoms with Crippen molar-refractivity contribution in [1.29, 1.82) is 0 Å². The Hall–Kier alpha value is -4.15. The van der Waals surface area contributed by atoms with Crippen LogP contribution in [0.5, 0.6) is 5.75 Å². The van der Waals surface area contributed by atoms with Crippen LogP contribution >= 0.6 is 0 Å². The molecule has 1 aromatic heterocycles. The SMILES string of the molecule is COc1ccc(Nc2c(N(C)Cc3ccc(-c4noc(C(F)(F)F)n4)cc3)c(=O)c2=O)cc1. The van der Waals surface area contributed by atoms with E-state index in [1.807, 2.05) is 0 Å². The molecule has 33 heavy (non-hydrogen) atoms. The van der Waals surface area contributed by atoms with Gasteiger partial charge in [0.2, 0.25) is 5.82 Å². The van der Waals surface area contributed by atoms with Crippen LogP contribution < -0.4 is 25.8 Å². The van der Waals surface area contributed by atoms with Gasteiger partial charge in [-0.05, 0) is 29.8 Å². The number of anilines is 3. The van der Waals surface area contributed by atoms with Gasteiger partial charge in [0.1, 0.15) is 17.1 Å². The number of nitrogens with one attached hydrogen (secondary N) is 1. The normalized spacial score (nSPS) is 11.5. The van der Waals surface area contributed by atoms with Gasteiger partial charge in [0.05, 0.1) is 7.11 Å². The average Bonchev–Trinajstić information content (AvgIpc) is 3.30. The first-order valence-electron chi connectivity index (χ1n) is 9.63. The predicted octanol–water partition coefficient (Wildman–Crippen LogP) is 3.74. The molecule has 4 rings (SSSR count). The van der Waals surface area contributed by atoms with Gasteiger partial charge in [-0.15, -0.1) is 0 Å². The fourth-order valence-corrected chi connectivity index (χ4v) is 3.25. The molecule has 0 aliphatic rings. The fourth-order valence-electron chi connectivity index (χ4n) is 3.25. The third kappa shape index (κ3) is 4.43. The summed E-state index contributed by atoms with van der Waals surface area (Å²) in [5, 5.41) is 6.32. The van der Waals surface area contributed by atoms with Gasteiger partial charge in [-0.2, -0.15) is 18.2 Å². The van der Waals surface area contributed by atoms with Gasteiger partial charge in [-0.25, -0.2) is 0 Å². The number of methoxy groups -OCH3 is 1. The lowest BCUT2D eigenvalue weighted by Gasteiger charge is -2.24. The molecule has 1 N–H and O–H groups in total. The second kappa shape index (κ2) is 8.41. The molecular formula is C22H17F3N4O4. The van der Waals surface area contributed by atoms with Gasteiger partial charge in [0.15, 0.2) is 0 Å². The van der Waals surface area contributed by atoms with Crippen LogP contribution in [0.1, 0.15) is 11.5 Å². The molecule has 170 valence electrons. The lowest BCUT2D eigenvalue weighted by Crippen LogP contribution is -2.40. The van der Waals surface area contributed by atoms with Crippen molar-refractivity contribution in [3.05, 3.63) is 80.4 Å². The summed E-state index contributed by atoms with van der Waals surface area (Å²) in [5.74, 6) is -0.948. The summed E-state index contributed by atoms with van der Waals surface area (Å²) in [5.41, 5.74) is 0.946. The van der Waals surface area contributed by atoms with E-state index in [9.17, 15) is 22.8 Å². The highest BCUT2D eigenvalue weighted by molar-refractivity contribution is 5.79. The zero-order valence-electron chi connectivity index (χ0n) is 17.4. The highest BCUT2D eigenvalue weighted by Crippen LogP contribution is 2.30. The molecule has 0 unspecified atom stereocenters. The number of aromatic nitrogens is 2. The number of alkyl halides is 3. The first kappa shape index (κ1) is 22.1. The van der Waals surface area contributed by atoms with E-state index in [1.54, 1.807) is 67.6 Å². The van der Waals surface area contributed by atoms with Crippen LogP contribution in [-0.2, 0) is 12.7 Å². The van der Waals surface area contributed by atoms with Crippen molar-refractivity contribution in [2.45, 2.75) is 12.7 Å². The van der Waals surface area contributed by atoms with Crippen molar-refractivity contribution in [2.75, 3.05) is 24.4 Å². The number of rotatable bonds is 7. The molecule has 0 radical (unpaired) electrons. The van der Waals surface area contributed by atoms with Crippen molar-refractivity contribution in [3.63, 3.8) is 0 Å². The van der Waals surface area contributed by atoms with E-state index >= 15 is 0 Å². The van der Waals surface area contributed by atoms with Crippen LogP contribution in [0.3, 0.4) is 0 Å². The number of benzene rings is 2. The molecule has 0 aliphatic carbocycles. The molecule has 0 saturated carbocycles. The number of ether oxygens (including phenoxy) is 1. The molecule has 0 atom stereocenters. The number of nitrogens with zero attached hydrogens (tertiary/aromatic N) is 3. The molecule has 3 aromatic carbocycles. The Morgan fingerprint density at radius 3 is 2.27 bits per heavy atom. The monoisotopic (exact) mass is 458 g/mol. The van der Waals surface area contributed by atoms with Crippen molar-refractivity contribution < 1.29 is 22.4 Å². The summed E-state index contributed by atoms with van der Waals surface area (Å²) in [6.45, 7) is 0.280. The van der Waals surface area contributed by atoms with Crippen LogP contribution in [-0.4, -0.2) is 24.3 Å². The van der Waals surface area contributed by atoms with Crippen LogP contribution in [0.15, 0.2) is 62.6 Å². The molecule has 0 bridgehead atoms. The summed E-state index contributed by atoms with van der Waals surface area (Å²) in [4.78, 5) is 29.3. The summed E-state index contributed by atoms with van der Waals surface area (Å²) < 4.78 is 47.2. The average molecular weight is 458 g/mol. The molecule has 0 saturated heterocycles. The zero-order valence-corrected chi connectivity index (χ0v) is 17.4. The molecule has 0 spiro atoms. The topological polar surface area (TPSA) is 97.6 Å². The Balaban J connectivity index is 1.48. The second-order valence-corrected chi connectivity index (χ2v) is 7.21. The van der Waals surface area contributed by atoms with Gasteiger partial charge in [0, 0.05) is 24.8 Å². The zero-order chi connectivity index (χ0) is 23.8. The number of halogens is 3. The maximum absolute atomic E-state index is 12.6. The van der Waals surface area contributed by atoms with Crippen molar-refractivity contribution in [2.24, 2.45) is 0 Å². The number of hydrogen-bond donors (Lipinski definition) is 1. The van der Waals surface area contributed by atoms with Gasteiger partial charge >= 0.3 is 12.1 Å². The van der Waals surface area contributed by atoms with Gasteiger partial charge in [0.25, 0.3) is 10.9 Å². The molecule has 0 aliphatic heterocycles. The van der Waals surface area contributed by atoms with Crippen molar-refractivity contribution in [3.8, 4) is 17.1 Å². The summed E-state index contributed by atoms with van der Waals surface area (Å²) >= 11 is 0. The minimum Gasteiger partial charge on any atom is -0.497 e. The second-order valence-electron chi connectivity index (χ2n) is 7.21. The van der Waals surface area contributed by atoms with Gasteiger partial charge < -0.3 is 19.5 Å². The highest BCUT2D eigenvalue weighted by Gasteiger charge is 2.38. The lowest BCUT2D eigenvalue weighted by atomic mass is 10.1. The Kier molecular flexibility index (Phi) is 5.62. The summed E-state index contributed by atoms with van der Waals surface area (Å²) in [7, 11) is 3.21. The van der Waals surface area contributed by atoms with Gasteiger partial charge in [-0.1, -0.05) is 29.4 Å². The molecule has 0 amide bonds. The maximum atomic E-state index is 12.6. The van der Waals surface area contributed by atoms with Crippen LogP contribution in [0, 0.1) is 0 Å².